The highest BCUT2D eigenvalue weighted by molar-refractivity contribution is 5.22. The van der Waals surface area contributed by atoms with Gasteiger partial charge in [-0.25, -0.2) is 0 Å². The van der Waals surface area contributed by atoms with E-state index < -0.39 is 0 Å². The molecule has 0 saturated heterocycles. The number of methoxy groups -OCH3 is 1. The van der Waals surface area contributed by atoms with Gasteiger partial charge >= 0.3 is 0 Å². The van der Waals surface area contributed by atoms with E-state index in [9.17, 15) is 0 Å². The van der Waals surface area contributed by atoms with Crippen LogP contribution in [0.4, 0.5) is 0 Å². The predicted molar refractivity (Wildman–Crippen MR) is 82.6 cm³/mol. The monoisotopic (exact) mass is 263 g/mol. The zero-order valence-electron chi connectivity index (χ0n) is 13.1. The predicted octanol–water partition coefficient (Wildman–Crippen LogP) is 3.58. The minimum Gasteiger partial charge on any atom is -0.379 e. The average Bonchev–Trinajstić information content (AvgIpc) is 2.36. The van der Waals surface area contributed by atoms with E-state index in [1.165, 1.54) is 17.5 Å². The van der Waals surface area contributed by atoms with E-state index in [0.717, 1.165) is 19.4 Å². The molecule has 0 fully saturated rings. The third-order valence-electron chi connectivity index (χ3n) is 3.81. The summed E-state index contributed by atoms with van der Waals surface area (Å²) in [7, 11) is 3.83. The third-order valence-corrected chi connectivity index (χ3v) is 3.81. The highest BCUT2D eigenvalue weighted by Crippen LogP contribution is 2.22. The fourth-order valence-electron chi connectivity index (χ4n) is 2.39. The van der Waals surface area contributed by atoms with Crippen molar-refractivity contribution < 1.29 is 4.74 Å². The largest absolute Gasteiger partial charge is 0.379 e. The normalized spacial score (nSPS) is 13.5. The molecule has 1 rings (SSSR count). The highest BCUT2D eigenvalue weighted by Gasteiger charge is 2.19. The van der Waals surface area contributed by atoms with E-state index in [4.69, 9.17) is 4.74 Å². The first-order valence-electron chi connectivity index (χ1n) is 7.22. The van der Waals surface area contributed by atoms with Crippen molar-refractivity contribution in [2.75, 3.05) is 20.7 Å². The first-order chi connectivity index (χ1) is 8.96. The average molecular weight is 263 g/mol. The van der Waals surface area contributed by atoms with Crippen LogP contribution in [0.15, 0.2) is 24.3 Å². The molecule has 0 saturated carbocycles. The number of rotatable bonds is 8. The van der Waals surface area contributed by atoms with E-state index in [1.54, 1.807) is 7.11 Å². The maximum absolute atomic E-state index is 5.52. The van der Waals surface area contributed by atoms with Crippen molar-refractivity contribution in [3.63, 3.8) is 0 Å². The Morgan fingerprint density at radius 3 is 2.63 bits per heavy atom. The minimum atomic E-state index is -0.0153. The lowest BCUT2D eigenvalue weighted by Crippen LogP contribution is -2.27. The molecule has 19 heavy (non-hydrogen) atoms. The Kier molecular flexibility index (Phi) is 6.53. The zero-order chi connectivity index (χ0) is 14.3. The standard InChI is InChI=1S/C17H29NO/c1-14-7-6-8-15(11-14)12-16(13-18-4)9-10-17(2,3)19-5/h6-8,11,16,18H,9-10,12-13H2,1-5H3. The summed E-state index contributed by atoms with van der Waals surface area (Å²) in [5, 5.41) is 3.32. The molecule has 2 heteroatoms. The highest BCUT2D eigenvalue weighted by atomic mass is 16.5. The fourth-order valence-corrected chi connectivity index (χ4v) is 2.39. The van der Waals surface area contributed by atoms with Crippen molar-refractivity contribution in [2.45, 2.75) is 45.6 Å². The maximum Gasteiger partial charge on any atom is 0.0622 e. The summed E-state index contributed by atoms with van der Waals surface area (Å²) in [5.41, 5.74) is 2.77. The molecule has 1 aromatic rings. The molecule has 2 nitrogen and oxygen atoms in total. The van der Waals surface area contributed by atoms with Crippen LogP contribution in [0.5, 0.6) is 0 Å². The number of benzene rings is 1. The Balaban J connectivity index is 2.57. The van der Waals surface area contributed by atoms with Crippen LogP contribution < -0.4 is 5.32 Å². The van der Waals surface area contributed by atoms with Crippen molar-refractivity contribution in [3.8, 4) is 0 Å². The van der Waals surface area contributed by atoms with Crippen LogP contribution in [0.25, 0.3) is 0 Å². The van der Waals surface area contributed by atoms with Crippen molar-refractivity contribution in [1.29, 1.82) is 0 Å². The molecular formula is C17H29NO. The van der Waals surface area contributed by atoms with Crippen LogP contribution in [0.1, 0.15) is 37.8 Å². The molecular weight excluding hydrogens is 234 g/mol. The number of aryl methyl sites for hydroxylation is 1. The van der Waals surface area contributed by atoms with Gasteiger partial charge in [0.2, 0.25) is 0 Å². The molecule has 0 aromatic heterocycles. The molecule has 1 atom stereocenters. The van der Waals surface area contributed by atoms with Gasteiger partial charge in [0.25, 0.3) is 0 Å². The van der Waals surface area contributed by atoms with E-state index in [1.807, 2.05) is 7.05 Å². The first kappa shape index (κ1) is 16.2. The van der Waals surface area contributed by atoms with Crippen molar-refractivity contribution in [3.05, 3.63) is 35.4 Å². The second kappa shape index (κ2) is 7.66. The lowest BCUT2D eigenvalue weighted by molar-refractivity contribution is 0.0104. The van der Waals surface area contributed by atoms with Gasteiger partial charge in [-0.2, -0.15) is 0 Å². The Bertz CT molecular complexity index is 373. The molecule has 1 aromatic carbocycles. The second-order valence-electron chi connectivity index (χ2n) is 6.12. The smallest absolute Gasteiger partial charge is 0.0622 e. The van der Waals surface area contributed by atoms with Gasteiger partial charge in [-0.05, 0) is 65.1 Å². The number of nitrogens with one attached hydrogen (secondary N) is 1. The van der Waals surface area contributed by atoms with E-state index in [0.29, 0.717) is 5.92 Å². The van der Waals surface area contributed by atoms with Gasteiger partial charge in [0.1, 0.15) is 0 Å². The summed E-state index contributed by atoms with van der Waals surface area (Å²) in [6, 6.07) is 8.84. The van der Waals surface area contributed by atoms with Crippen LogP contribution >= 0.6 is 0 Å². The Labute approximate surface area is 118 Å². The summed E-state index contributed by atoms with van der Waals surface area (Å²) in [5.74, 6) is 0.668. The SMILES string of the molecule is CNCC(CCC(C)(C)OC)Cc1cccc(C)c1. The van der Waals surface area contributed by atoms with Crippen LogP contribution in [0, 0.1) is 12.8 Å². The number of ether oxygens (including phenoxy) is 1. The molecule has 0 aliphatic rings. The molecule has 108 valence electrons. The Morgan fingerprint density at radius 2 is 2.05 bits per heavy atom. The fraction of sp³-hybridized carbons (Fsp3) is 0.647. The van der Waals surface area contributed by atoms with Gasteiger partial charge in [-0.1, -0.05) is 29.8 Å². The summed E-state index contributed by atoms with van der Waals surface area (Å²) < 4.78 is 5.52. The molecule has 0 aliphatic heterocycles. The van der Waals surface area contributed by atoms with Gasteiger partial charge in [-0.15, -0.1) is 0 Å². The Hall–Kier alpha value is -0.860. The van der Waals surface area contributed by atoms with Crippen LogP contribution in [-0.2, 0) is 11.2 Å². The molecule has 0 aliphatic carbocycles. The topological polar surface area (TPSA) is 21.3 Å². The van der Waals surface area contributed by atoms with Gasteiger partial charge in [0, 0.05) is 7.11 Å². The summed E-state index contributed by atoms with van der Waals surface area (Å²) >= 11 is 0. The summed E-state index contributed by atoms with van der Waals surface area (Å²) in [4.78, 5) is 0. The molecule has 0 spiro atoms. The minimum absolute atomic E-state index is 0.0153. The van der Waals surface area contributed by atoms with Gasteiger partial charge < -0.3 is 10.1 Å². The molecule has 0 bridgehead atoms. The molecule has 0 radical (unpaired) electrons. The van der Waals surface area contributed by atoms with Gasteiger partial charge in [-0.3, -0.25) is 0 Å². The Morgan fingerprint density at radius 1 is 1.32 bits per heavy atom. The van der Waals surface area contributed by atoms with Crippen molar-refractivity contribution in [1.82, 2.24) is 5.32 Å². The quantitative estimate of drug-likeness (QED) is 0.774. The van der Waals surface area contributed by atoms with Gasteiger partial charge in [0.15, 0.2) is 0 Å². The summed E-state index contributed by atoms with van der Waals surface area (Å²) in [6.07, 6.45) is 3.43. The van der Waals surface area contributed by atoms with E-state index >= 15 is 0 Å². The maximum atomic E-state index is 5.52. The lowest BCUT2D eigenvalue weighted by atomic mass is 9.90. The first-order valence-corrected chi connectivity index (χ1v) is 7.22. The summed E-state index contributed by atoms with van der Waals surface area (Å²) in [6.45, 7) is 7.55. The molecule has 0 amide bonds. The van der Waals surface area contributed by atoms with E-state index in [2.05, 4.69) is 50.4 Å². The lowest BCUT2D eigenvalue weighted by Gasteiger charge is -2.26. The second-order valence-corrected chi connectivity index (χ2v) is 6.12. The van der Waals surface area contributed by atoms with Crippen LogP contribution in [-0.4, -0.2) is 26.3 Å². The molecule has 0 heterocycles. The van der Waals surface area contributed by atoms with E-state index in [-0.39, 0.29) is 5.60 Å². The van der Waals surface area contributed by atoms with Crippen molar-refractivity contribution in [2.24, 2.45) is 5.92 Å². The van der Waals surface area contributed by atoms with Crippen molar-refractivity contribution >= 4 is 0 Å². The van der Waals surface area contributed by atoms with Gasteiger partial charge in [0.05, 0.1) is 5.60 Å². The number of hydrogen-bond donors (Lipinski definition) is 1. The van der Waals surface area contributed by atoms with Crippen LogP contribution in [0.3, 0.4) is 0 Å². The number of hydrogen-bond acceptors (Lipinski definition) is 2. The molecule has 1 N–H and O–H groups in total. The van der Waals surface area contributed by atoms with Crippen LogP contribution in [0.2, 0.25) is 0 Å². The molecule has 1 unspecified atom stereocenters. The zero-order valence-corrected chi connectivity index (χ0v) is 13.1. The third kappa shape index (κ3) is 6.22.